The summed E-state index contributed by atoms with van der Waals surface area (Å²) in [5.41, 5.74) is 1.75. The average molecular weight is 430 g/mol. The van der Waals surface area contributed by atoms with Gasteiger partial charge < -0.3 is 10.0 Å². The number of carboxylic acid groups (broad SMARTS) is 1. The molecule has 30 heavy (non-hydrogen) atoms. The molecular formula is C21H22N2O6S. The number of pyridine rings is 1. The molecule has 158 valence electrons. The fraction of sp³-hybridized carbons (Fsp3) is 0.286. The molecular weight excluding hydrogens is 408 g/mol. The molecule has 0 atom stereocenters. The zero-order valence-electron chi connectivity index (χ0n) is 16.2. The second-order valence-electron chi connectivity index (χ2n) is 6.95. The lowest BCUT2D eigenvalue weighted by Gasteiger charge is -2.24. The van der Waals surface area contributed by atoms with Gasteiger partial charge in [0, 0.05) is 30.3 Å². The number of rotatable bonds is 9. The van der Waals surface area contributed by atoms with E-state index in [1.165, 1.54) is 4.90 Å². The molecule has 1 heterocycles. The van der Waals surface area contributed by atoms with Crippen molar-refractivity contribution in [2.45, 2.75) is 19.3 Å². The summed E-state index contributed by atoms with van der Waals surface area (Å²) in [6.07, 6.45) is 0.159. The van der Waals surface area contributed by atoms with E-state index < -0.39 is 21.8 Å². The third-order valence-electron chi connectivity index (χ3n) is 4.74. The van der Waals surface area contributed by atoms with Gasteiger partial charge in [-0.1, -0.05) is 36.4 Å². The first-order chi connectivity index (χ1) is 14.3. The number of carbonyl (C=O) groups excluding carboxylic acids is 1. The molecule has 0 spiro atoms. The number of fused-ring (bicyclic) bond motifs is 2. The van der Waals surface area contributed by atoms with Crippen molar-refractivity contribution in [1.82, 2.24) is 9.88 Å². The number of carbonyl (C=O) groups is 2. The first-order valence-electron chi connectivity index (χ1n) is 9.50. The summed E-state index contributed by atoms with van der Waals surface area (Å²) in [5.74, 6) is -1.78. The van der Waals surface area contributed by atoms with E-state index in [4.69, 9.17) is 9.66 Å². The Morgan fingerprint density at radius 2 is 1.43 bits per heavy atom. The number of aliphatic carboxylic acids is 1. The van der Waals surface area contributed by atoms with E-state index in [-0.39, 0.29) is 38.3 Å². The van der Waals surface area contributed by atoms with Gasteiger partial charge in [0.25, 0.3) is 16.0 Å². The van der Waals surface area contributed by atoms with Crippen LogP contribution in [0.3, 0.4) is 0 Å². The van der Waals surface area contributed by atoms with Crippen LogP contribution < -0.4 is 0 Å². The lowest BCUT2D eigenvalue weighted by molar-refractivity contribution is -0.137. The van der Waals surface area contributed by atoms with Crippen LogP contribution in [0.25, 0.3) is 21.8 Å². The Morgan fingerprint density at radius 3 is 1.97 bits per heavy atom. The lowest BCUT2D eigenvalue weighted by Crippen LogP contribution is -2.34. The normalized spacial score (nSPS) is 11.6. The highest BCUT2D eigenvalue weighted by molar-refractivity contribution is 7.85. The minimum atomic E-state index is -4.16. The van der Waals surface area contributed by atoms with Gasteiger partial charge in [0.15, 0.2) is 0 Å². The van der Waals surface area contributed by atoms with Crippen molar-refractivity contribution in [2.75, 3.05) is 18.8 Å². The van der Waals surface area contributed by atoms with Crippen molar-refractivity contribution < 1.29 is 27.7 Å². The van der Waals surface area contributed by atoms with Gasteiger partial charge in [-0.2, -0.15) is 8.42 Å². The van der Waals surface area contributed by atoms with E-state index >= 15 is 0 Å². The molecule has 0 saturated heterocycles. The Bertz CT molecular complexity index is 1140. The molecule has 0 fully saturated rings. The fourth-order valence-corrected chi connectivity index (χ4v) is 3.90. The molecule has 0 aliphatic carbocycles. The van der Waals surface area contributed by atoms with E-state index in [0.717, 1.165) is 0 Å². The standard InChI is InChI=1S/C21H22N2O6S/c24-19(25)11-5-12-23(13-6-14-30(27,28)29)21(26)20-15-7-1-3-9-17(15)22-18-10-4-2-8-16(18)20/h1-4,7-10H,5-6,11-14H2,(H,24,25)(H,27,28,29). The van der Waals surface area contributed by atoms with Crippen LogP contribution in [-0.2, 0) is 14.9 Å². The molecule has 8 nitrogen and oxygen atoms in total. The highest BCUT2D eigenvalue weighted by Crippen LogP contribution is 2.27. The van der Waals surface area contributed by atoms with Gasteiger partial charge in [-0.25, -0.2) is 4.98 Å². The zero-order valence-corrected chi connectivity index (χ0v) is 17.0. The van der Waals surface area contributed by atoms with Crippen LogP contribution >= 0.6 is 0 Å². The minimum Gasteiger partial charge on any atom is -0.481 e. The Balaban J connectivity index is 2.01. The first-order valence-corrected chi connectivity index (χ1v) is 11.1. The summed E-state index contributed by atoms with van der Waals surface area (Å²) in [4.78, 5) is 30.5. The van der Waals surface area contributed by atoms with E-state index in [0.29, 0.717) is 27.4 Å². The monoisotopic (exact) mass is 430 g/mol. The van der Waals surface area contributed by atoms with Gasteiger partial charge in [0.05, 0.1) is 22.3 Å². The topological polar surface area (TPSA) is 125 Å². The Labute approximate surface area is 173 Å². The van der Waals surface area contributed by atoms with Crippen LogP contribution in [0.1, 0.15) is 29.6 Å². The van der Waals surface area contributed by atoms with Gasteiger partial charge in [-0.05, 0) is 25.0 Å². The summed E-state index contributed by atoms with van der Waals surface area (Å²) in [6, 6.07) is 14.5. The zero-order chi connectivity index (χ0) is 21.7. The highest BCUT2D eigenvalue weighted by Gasteiger charge is 2.22. The van der Waals surface area contributed by atoms with Crippen molar-refractivity contribution in [2.24, 2.45) is 0 Å². The number of carboxylic acids is 1. The summed E-state index contributed by atoms with van der Waals surface area (Å²) >= 11 is 0. The molecule has 3 aromatic rings. The van der Waals surface area contributed by atoms with Crippen LogP contribution in [-0.4, -0.2) is 58.7 Å². The van der Waals surface area contributed by atoms with Crippen LogP contribution in [0.4, 0.5) is 0 Å². The number of amides is 1. The van der Waals surface area contributed by atoms with E-state index in [2.05, 4.69) is 4.98 Å². The largest absolute Gasteiger partial charge is 0.481 e. The second-order valence-corrected chi connectivity index (χ2v) is 8.52. The fourth-order valence-electron chi connectivity index (χ4n) is 3.40. The van der Waals surface area contributed by atoms with Gasteiger partial charge in [-0.15, -0.1) is 0 Å². The van der Waals surface area contributed by atoms with Gasteiger partial charge >= 0.3 is 5.97 Å². The van der Waals surface area contributed by atoms with Crippen molar-refractivity contribution in [3.8, 4) is 0 Å². The SMILES string of the molecule is O=C(O)CCCN(CCCS(=O)(=O)O)C(=O)c1c2ccccc2nc2ccccc12. The highest BCUT2D eigenvalue weighted by atomic mass is 32.2. The van der Waals surface area contributed by atoms with Gasteiger partial charge in [0.1, 0.15) is 0 Å². The van der Waals surface area contributed by atoms with Crippen molar-refractivity contribution in [1.29, 1.82) is 0 Å². The van der Waals surface area contributed by atoms with E-state index in [9.17, 15) is 18.0 Å². The van der Waals surface area contributed by atoms with Crippen molar-refractivity contribution >= 4 is 43.8 Å². The molecule has 2 N–H and O–H groups in total. The third-order valence-corrected chi connectivity index (χ3v) is 5.54. The average Bonchev–Trinajstić information content (AvgIpc) is 2.69. The molecule has 0 aliphatic heterocycles. The van der Waals surface area contributed by atoms with Crippen molar-refractivity contribution in [3.63, 3.8) is 0 Å². The quantitative estimate of drug-likeness (QED) is 0.395. The van der Waals surface area contributed by atoms with Gasteiger partial charge in [0.2, 0.25) is 0 Å². The molecule has 1 aromatic heterocycles. The maximum atomic E-state index is 13.5. The predicted octanol–water partition coefficient (Wildman–Crippen LogP) is 2.97. The first kappa shape index (κ1) is 21.7. The number of hydrogen-bond acceptors (Lipinski definition) is 5. The number of benzene rings is 2. The van der Waals surface area contributed by atoms with Crippen LogP contribution in [0.5, 0.6) is 0 Å². The number of hydrogen-bond donors (Lipinski definition) is 2. The third kappa shape index (κ3) is 5.31. The summed E-state index contributed by atoms with van der Waals surface area (Å²) < 4.78 is 31.1. The van der Waals surface area contributed by atoms with E-state index in [1.807, 2.05) is 36.4 Å². The predicted molar refractivity (Wildman–Crippen MR) is 113 cm³/mol. The Hall–Kier alpha value is -3.04. The second kappa shape index (κ2) is 9.19. The maximum absolute atomic E-state index is 13.5. The maximum Gasteiger partial charge on any atom is 0.303 e. The number of aromatic nitrogens is 1. The molecule has 0 bridgehead atoms. The molecule has 0 unspecified atom stereocenters. The molecule has 0 saturated carbocycles. The number of para-hydroxylation sites is 2. The van der Waals surface area contributed by atoms with Crippen LogP contribution in [0.15, 0.2) is 48.5 Å². The summed E-state index contributed by atoms with van der Waals surface area (Å²) in [5, 5.41) is 10.3. The minimum absolute atomic E-state index is 0.0403. The van der Waals surface area contributed by atoms with Crippen LogP contribution in [0, 0.1) is 0 Å². The molecule has 0 radical (unpaired) electrons. The summed E-state index contributed by atoms with van der Waals surface area (Å²) in [6.45, 7) is 0.227. The molecule has 3 rings (SSSR count). The molecule has 0 aliphatic rings. The van der Waals surface area contributed by atoms with Gasteiger partial charge in [-0.3, -0.25) is 14.1 Å². The Kier molecular flexibility index (Phi) is 6.63. The summed E-state index contributed by atoms with van der Waals surface area (Å²) in [7, 11) is -4.16. The van der Waals surface area contributed by atoms with E-state index in [1.54, 1.807) is 12.1 Å². The number of nitrogens with zero attached hydrogens (tertiary/aromatic N) is 2. The molecule has 2 aromatic carbocycles. The van der Waals surface area contributed by atoms with Crippen LogP contribution in [0.2, 0.25) is 0 Å². The van der Waals surface area contributed by atoms with Crippen molar-refractivity contribution in [3.05, 3.63) is 54.1 Å². The lowest BCUT2D eigenvalue weighted by atomic mass is 10.0. The smallest absolute Gasteiger partial charge is 0.303 e. The molecule has 9 heteroatoms. The Morgan fingerprint density at radius 1 is 0.900 bits per heavy atom. The molecule has 1 amide bonds.